The molecule has 0 spiro atoms. The Morgan fingerprint density at radius 3 is 2.71 bits per heavy atom. The van der Waals surface area contributed by atoms with E-state index in [1.165, 1.54) is 18.7 Å². The standard InChI is InChI=1S/C16H22N2O3/c1-3-18(14-7-5-4-6-11(14)2)15(19)12-8-9-17-13(10-12)16(20)21/h8-11,14H,3-7H2,1-2H3,(H,20,21). The molecule has 2 rings (SSSR count). The van der Waals surface area contributed by atoms with Crippen molar-refractivity contribution in [2.75, 3.05) is 6.54 Å². The summed E-state index contributed by atoms with van der Waals surface area (Å²) in [5, 5.41) is 8.99. The van der Waals surface area contributed by atoms with Gasteiger partial charge in [0.25, 0.3) is 5.91 Å². The minimum atomic E-state index is -1.11. The summed E-state index contributed by atoms with van der Waals surface area (Å²) in [5.74, 6) is -0.719. The van der Waals surface area contributed by atoms with Gasteiger partial charge in [-0.2, -0.15) is 0 Å². The average molecular weight is 290 g/mol. The van der Waals surface area contributed by atoms with Gasteiger partial charge in [0.05, 0.1) is 0 Å². The van der Waals surface area contributed by atoms with Gasteiger partial charge in [-0.3, -0.25) is 4.79 Å². The summed E-state index contributed by atoms with van der Waals surface area (Å²) in [6.07, 6.45) is 5.93. The summed E-state index contributed by atoms with van der Waals surface area (Å²) in [6.45, 7) is 4.80. The topological polar surface area (TPSA) is 70.5 Å². The van der Waals surface area contributed by atoms with Gasteiger partial charge in [0.1, 0.15) is 5.69 Å². The highest BCUT2D eigenvalue weighted by Gasteiger charge is 2.30. The van der Waals surface area contributed by atoms with E-state index < -0.39 is 5.97 Å². The number of amides is 1. The maximum absolute atomic E-state index is 12.7. The van der Waals surface area contributed by atoms with Gasteiger partial charge in [-0.05, 0) is 37.8 Å². The van der Waals surface area contributed by atoms with Crippen molar-refractivity contribution in [1.29, 1.82) is 0 Å². The van der Waals surface area contributed by atoms with Crippen LogP contribution in [0.15, 0.2) is 18.3 Å². The van der Waals surface area contributed by atoms with E-state index in [2.05, 4.69) is 11.9 Å². The summed E-state index contributed by atoms with van der Waals surface area (Å²) in [6, 6.07) is 3.20. The lowest BCUT2D eigenvalue weighted by Gasteiger charge is -2.38. The number of rotatable bonds is 4. The van der Waals surface area contributed by atoms with E-state index in [-0.39, 0.29) is 17.6 Å². The van der Waals surface area contributed by atoms with Gasteiger partial charge in [0, 0.05) is 24.3 Å². The molecule has 2 unspecified atom stereocenters. The Hall–Kier alpha value is -1.91. The van der Waals surface area contributed by atoms with E-state index in [0.29, 0.717) is 18.0 Å². The van der Waals surface area contributed by atoms with E-state index >= 15 is 0 Å². The smallest absolute Gasteiger partial charge is 0.354 e. The van der Waals surface area contributed by atoms with Crippen LogP contribution < -0.4 is 0 Å². The first kappa shape index (κ1) is 15.5. The van der Waals surface area contributed by atoms with Crippen LogP contribution in [0.25, 0.3) is 0 Å². The average Bonchev–Trinajstić information content (AvgIpc) is 2.50. The Bertz CT molecular complexity index is 530. The van der Waals surface area contributed by atoms with Crippen molar-refractivity contribution in [3.8, 4) is 0 Å². The van der Waals surface area contributed by atoms with Crippen LogP contribution in [0.1, 0.15) is 60.4 Å². The lowest BCUT2D eigenvalue weighted by atomic mass is 9.84. The van der Waals surface area contributed by atoms with Crippen molar-refractivity contribution >= 4 is 11.9 Å². The number of nitrogens with zero attached hydrogens (tertiary/aromatic N) is 2. The van der Waals surface area contributed by atoms with Crippen molar-refractivity contribution in [3.05, 3.63) is 29.6 Å². The van der Waals surface area contributed by atoms with E-state index in [0.717, 1.165) is 19.3 Å². The van der Waals surface area contributed by atoms with Crippen LogP contribution >= 0.6 is 0 Å². The predicted octanol–water partition coefficient (Wildman–Crippen LogP) is 2.82. The monoisotopic (exact) mass is 290 g/mol. The zero-order valence-electron chi connectivity index (χ0n) is 12.6. The van der Waals surface area contributed by atoms with Crippen molar-refractivity contribution in [2.24, 2.45) is 5.92 Å². The van der Waals surface area contributed by atoms with Crippen LogP contribution in [0.4, 0.5) is 0 Å². The number of carboxylic acids is 1. The number of aromatic nitrogens is 1. The first-order chi connectivity index (χ1) is 10.0. The van der Waals surface area contributed by atoms with E-state index in [9.17, 15) is 9.59 Å². The molecule has 1 aliphatic rings. The fourth-order valence-electron chi connectivity index (χ4n) is 3.13. The molecule has 0 radical (unpaired) electrons. The van der Waals surface area contributed by atoms with E-state index in [1.807, 2.05) is 11.8 Å². The Labute approximate surface area is 125 Å². The van der Waals surface area contributed by atoms with Gasteiger partial charge in [-0.15, -0.1) is 0 Å². The minimum absolute atomic E-state index is 0.0893. The number of hydrogen-bond donors (Lipinski definition) is 1. The van der Waals surface area contributed by atoms with E-state index in [1.54, 1.807) is 6.07 Å². The molecular weight excluding hydrogens is 268 g/mol. The molecule has 5 heteroatoms. The van der Waals surface area contributed by atoms with Crippen LogP contribution in [0.3, 0.4) is 0 Å². The molecule has 1 saturated carbocycles. The van der Waals surface area contributed by atoms with Gasteiger partial charge >= 0.3 is 5.97 Å². The predicted molar refractivity (Wildman–Crippen MR) is 79.3 cm³/mol. The van der Waals surface area contributed by atoms with E-state index in [4.69, 9.17) is 5.11 Å². The quantitative estimate of drug-likeness (QED) is 0.925. The molecule has 1 amide bonds. The molecule has 1 aromatic heterocycles. The molecule has 21 heavy (non-hydrogen) atoms. The third-order valence-electron chi connectivity index (χ3n) is 4.29. The molecule has 114 valence electrons. The summed E-state index contributed by atoms with van der Waals surface area (Å²) >= 11 is 0. The zero-order valence-corrected chi connectivity index (χ0v) is 12.6. The Kier molecular flexibility index (Phi) is 4.94. The number of carboxylic acid groups (broad SMARTS) is 1. The van der Waals surface area contributed by atoms with Crippen molar-refractivity contribution in [2.45, 2.75) is 45.6 Å². The summed E-state index contributed by atoms with van der Waals surface area (Å²) in [5.41, 5.74) is 0.315. The molecule has 0 saturated heterocycles. The van der Waals surface area contributed by atoms with Crippen LogP contribution in [0, 0.1) is 5.92 Å². The molecule has 1 aromatic rings. The molecule has 1 fully saturated rings. The number of carbonyl (C=O) groups is 2. The molecule has 0 aliphatic heterocycles. The highest BCUT2D eigenvalue weighted by atomic mass is 16.4. The summed E-state index contributed by atoms with van der Waals surface area (Å²) in [4.78, 5) is 29.3. The first-order valence-corrected chi connectivity index (χ1v) is 7.55. The highest BCUT2D eigenvalue weighted by molar-refractivity contribution is 5.96. The van der Waals surface area contributed by atoms with Crippen LogP contribution in [0.5, 0.6) is 0 Å². The lowest BCUT2D eigenvalue weighted by molar-refractivity contribution is 0.0569. The second-order valence-electron chi connectivity index (χ2n) is 5.66. The van der Waals surface area contributed by atoms with Gasteiger partial charge in [-0.1, -0.05) is 19.8 Å². The molecule has 1 heterocycles. The Morgan fingerprint density at radius 2 is 2.10 bits per heavy atom. The third-order valence-corrected chi connectivity index (χ3v) is 4.29. The van der Waals surface area contributed by atoms with Crippen molar-refractivity contribution in [1.82, 2.24) is 9.88 Å². The number of carbonyl (C=O) groups excluding carboxylic acids is 1. The molecule has 0 bridgehead atoms. The Balaban J connectivity index is 2.23. The minimum Gasteiger partial charge on any atom is -0.477 e. The summed E-state index contributed by atoms with van der Waals surface area (Å²) in [7, 11) is 0. The second kappa shape index (κ2) is 6.70. The van der Waals surface area contributed by atoms with Crippen molar-refractivity contribution < 1.29 is 14.7 Å². The highest BCUT2D eigenvalue weighted by Crippen LogP contribution is 2.29. The van der Waals surface area contributed by atoms with Crippen LogP contribution in [0.2, 0.25) is 0 Å². The SMILES string of the molecule is CCN(C(=O)c1ccnc(C(=O)O)c1)C1CCCCC1C. The molecule has 5 nitrogen and oxygen atoms in total. The van der Waals surface area contributed by atoms with Crippen LogP contribution in [-0.4, -0.2) is 39.5 Å². The van der Waals surface area contributed by atoms with Gasteiger partial charge < -0.3 is 10.0 Å². The lowest BCUT2D eigenvalue weighted by Crippen LogP contribution is -2.45. The van der Waals surface area contributed by atoms with Gasteiger partial charge in [0.2, 0.25) is 0 Å². The molecule has 1 aliphatic carbocycles. The molecular formula is C16H22N2O3. The van der Waals surface area contributed by atoms with Crippen LogP contribution in [-0.2, 0) is 0 Å². The molecule has 1 N–H and O–H groups in total. The molecule has 2 atom stereocenters. The number of pyridine rings is 1. The number of aromatic carboxylic acids is 1. The Morgan fingerprint density at radius 1 is 1.38 bits per heavy atom. The second-order valence-corrected chi connectivity index (χ2v) is 5.66. The maximum atomic E-state index is 12.7. The third kappa shape index (κ3) is 3.40. The first-order valence-electron chi connectivity index (χ1n) is 7.55. The fourth-order valence-corrected chi connectivity index (χ4v) is 3.13. The molecule has 0 aromatic carbocycles. The fraction of sp³-hybridized carbons (Fsp3) is 0.562. The largest absolute Gasteiger partial charge is 0.477 e. The maximum Gasteiger partial charge on any atom is 0.354 e. The normalized spacial score (nSPS) is 21.8. The zero-order chi connectivity index (χ0) is 15.4. The van der Waals surface area contributed by atoms with Crippen molar-refractivity contribution in [3.63, 3.8) is 0 Å². The summed E-state index contributed by atoms with van der Waals surface area (Å²) < 4.78 is 0. The number of hydrogen-bond acceptors (Lipinski definition) is 3. The van der Waals surface area contributed by atoms with Gasteiger partial charge in [0.15, 0.2) is 0 Å². The van der Waals surface area contributed by atoms with Gasteiger partial charge in [-0.25, -0.2) is 9.78 Å².